The van der Waals surface area contributed by atoms with Gasteiger partial charge in [0.05, 0.1) is 12.0 Å². The van der Waals surface area contributed by atoms with Crippen LogP contribution in [-0.4, -0.2) is 17.5 Å². The Labute approximate surface area is 138 Å². The average molecular weight is 361 g/mol. The minimum absolute atomic E-state index is 0.0801. The number of rotatable bonds is 6. The quantitative estimate of drug-likeness (QED) is 0.845. The number of hydrogen-bond acceptors (Lipinski definition) is 3. The molecule has 22 heavy (non-hydrogen) atoms. The molecule has 1 aromatic heterocycles. The van der Waals surface area contributed by atoms with Gasteiger partial charge >= 0.3 is 0 Å². The van der Waals surface area contributed by atoms with Gasteiger partial charge in [0, 0.05) is 22.6 Å². The second-order valence-corrected chi connectivity index (χ2v) is 6.44. The predicted molar refractivity (Wildman–Crippen MR) is 88.8 cm³/mol. The fourth-order valence-corrected chi connectivity index (χ4v) is 2.74. The van der Waals surface area contributed by atoms with E-state index in [1.54, 1.807) is 24.5 Å². The van der Waals surface area contributed by atoms with Gasteiger partial charge in [-0.25, -0.2) is 0 Å². The summed E-state index contributed by atoms with van der Waals surface area (Å²) in [5, 5.41) is 2.96. The Bertz CT molecular complexity index is 657. The Balaban J connectivity index is 1.52. The van der Waals surface area contributed by atoms with Gasteiger partial charge in [0.1, 0.15) is 5.75 Å². The third kappa shape index (κ3) is 3.65. The van der Waals surface area contributed by atoms with Crippen LogP contribution < -0.4 is 10.1 Å². The zero-order valence-corrected chi connectivity index (χ0v) is 13.7. The third-order valence-corrected chi connectivity index (χ3v) is 4.41. The summed E-state index contributed by atoms with van der Waals surface area (Å²) in [5.74, 6) is 0.899. The molecule has 1 saturated carbocycles. The average Bonchev–Trinajstić information content (AvgIpc) is 3.30. The molecular formula is C17H17BrN2O2. The molecular weight excluding hydrogens is 344 g/mol. The zero-order valence-electron chi connectivity index (χ0n) is 12.1. The van der Waals surface area contributed by atoms with Gasteiger partial charge < -0.3 is 10.1 Å². The van der Waals surface area contributed by atoms with E-state index < -0.39 is 0 Å². The van der Waals surface area contributed by atoms with Crippen molar-refractivity contribution >= 4 is 27.5 Å². The number of ether oxygens (including phenoxy) is 1. The van der Waals surface area contributed by atoms with Crippen molar-refractivity contribution in [1.82, 2.24) is 4.98 Å². The number of anilines is 1. The number of hydrogen-bond donors (Lipinski definition) is 1. The van der Waals surface area contributed by atoms with Crippen LogP contribution in [0.5, 0.6) is 5.75 Å². The van der Waals surface area contributed by atoms with Crippen LogP contribution in [0.15, 0.2) is 53.3 Å². The Kier molecular flexibility index (Phi) is 4.43. The van der Waals surface area contributed by atoms with Gasteiger partial charge in [-0.2, -0.15) is 0 Å². The van der Waals surface area contributed by atoms with E-state index in [0.29, 0.717) is 6.61 Å². The standard InChI is InChI=1S/C17H17BrN2O2/c18-13-2-1-3-15(12-13)22-11-8-17(6-7-17)16(21)20-14-4-9-19-10-5-14/h1-5,9-10,12H,6-8,11H2,(H,19,20,21). The maximum Gasteiger partial charge on any atom is 0.230 e. The predicted octanol–water partition coefficient (Wildman–Crippen LogP) is 4.03. The van der Waals surface area contributed by atoms with Crippen LogP contribution in [0.3, 0.4) is 0 Å². The van der Waals surface area contributed by atoms with Crippen molar-refractivity contribution in [2.75, 3.05) is 11.9 Å². The summed E-state index contributed by atoms with van der Waals surface area (Å²) < 4.78 is 6.73. The highest BCUT2D eigenvalue weighted by Crippen LogP contribution is 2.49. The molecule has 1 aliphatic carbocycles. The summed E-state index contributed by atoms with van der Waals surface area (Å²) in [6, 6.07) is 11.3. The maximum absolute atomic E-state index is 12.4. The first kappa shape index (κ1) is 15.0. The summed E-state index contributed by atoms with van der Waals surface area (Å²) in [4.78, 5) is 16.3. The van der Waals surface area contributed by atoms with Gasteiger partial charge in [-0.3, -0.25) is 9.78 Å². The minimum atomic E-state index is -0.269. The number of aromatic nitrogens is 1. The van der Waals surface area contributed by atoms with Gasteiger partial charge in [-0.1, -0.05) is 22.0 Å². The highest BCUT2D eigenvalue weighted by atomic mass is 79.9. The second kappa shape index (κ2) is 6.48. The summed E-state index contributed by atoms with van der Waals surface area (Å²) >= 11 is 3.42. The van der Waals surface area contributed by atoms with Crippen molar-refractivity contribution in [3.63, 3.8) is 0 Å². The first-order valence-corrected chi connectivity index (χ1v) is 8.07. The number of halogens is 1. The highest BCUT2D eigenvalue weighted by molar-refractivity contribution is 9.10. The van der Waals surface area contributed by atoms with Crippen LogP contribution in [0.4, 0.5) is 5.69 Å². The summed E-state index contributed by atoms with van der Waals surface area (Å²) in [5.41, 5.74) is 0.522. The van der Waals surface area contributed by atoms with Crippen LogP contribution in [0.25, 0.3) is 0 Å². The lowest BCUT2D eigenvalue weighted by Gasteiger charge is -2.15. The molecule has 1 amide bonds. The van der Waals surface area contributed by atoms with Crippen molar-refractivity contribution in [2.24, 2.45) is 5.41 Å². The number of nitrogens with zero attached hydrogens (tertiary/aromatic N) is 1. The molecule has 0 bridgehead atoms. The third-order valence-electron chi connectivity index (χ3n) is 3.92. The number of nitrogens with one attached hydrogen (secondary N) is 1. The molecule has 5 heteroatoms. The lowest BCUT2D eigenvalue weighted by Crippen LogP contribution is -2.26. The molecule has 1 N–H and O–H groups in total. The fourth-order valence-electron chi connectivity index (χ4n) is 2.36. The Morgan fingerprint density at radius 2 is 2.05 bits per heavy atom. The molecule has 0 unspecified atom stereocenters. The molecule has 0 radical (unpaired) electrons. The van der Waals surface area contributed by atoms with E-state index in [0.717, 1.165) is 35.2 Å². The van der Waals surface area contributed by atoms with Crippen LogP contribution in [0.1, 0.15) is 19.3 Å². The number of amides is 1. The summed E-state index contributed by atoms with van der Waals surface area (Å²) in [6.45, 7) is 0.542. The van der Waals surface area contributed by atoms with Crippen molar-refractivity contribution in [2.45, 2.75) is 19.3 Å². The lowest BCUT2D eigenvalue weighted by atomic mass is 10.0. The Morgan fingerprint density at radius 1 is 1.27 bits per heavy atom. The van der Waals surface area contributed by atoms with Crippen LogP contribution in [-0.2, 0) is 4.79 Å². The number of carbonyl (C=O) groups is 1. The van der Waals surface area contributed by atoms with E-state index >= 15 is 0 Å². The topological polar surface area (TPSA) is 51.2 Å². The minimum Gasteiger partial charge on any atom is -0.494 e. The van der Waals surface area contributed by atoms with E-state index in [9.17, 15) is 4.79 Å². The molecule has 0 saturated heterocycles. The Hall–Kier alpha value is -1.88. The molecule has 2 aromatic rings. The monoisotopic (exact) mass is 360 g/mol. The molecule has 1 fully saturated rings. The van der Waals surface area contributed by atoms with E-state index in [1.807, 2.05) is 24.3 Å². The molecule has 1 aliphatic rings. The van der Waals surface area contributed by atoms with Crippen molar-refractivity contribution in [3.8, 4) is 5.75 Å². The molecule has 4 nitrogen and oxygen atoms in total. The van der Waals surface area contributed by atoms with E-state index in [2.05, 4.69) is 26.2 Å². The first-order valence-electron chi connectivity index (χ1n) is 7.28. The normalized spacial score (nSPS) is 15.1. The molecule has 0 spiro atoms. The van der Waals surface area contributed by atoms with E-state index in [1.165, 1.54) is 0 Å². The van der Waals surface area contributed by atoms with E-state index in [4.69, 9.17) is 4.74 Å². The number of benzene rings is 1. The van der Waals surface area contributed by atoms with Gasteiger partial charge in [-0.15, -0.1) is 0 Å². The molecule has 1 heterocycles. The van der Waals surface area contributed by atoms with Crippen LogP contribution >= 0.6 is 15.9 Å². The second-order valence-electron chi connectivity index (χ2n) is 5.53. The van der Waals surface area contributed by atoms with Crippen molar-refractivity contribution < 1.29 is 9.53 Å². The first-order chi connectivity index (χ1) is 10.7. The van der Waals surface area contributed by atoms with Crippen LogP contribution in [0, 0.1) is 5.41 Å². The number of carbonyl (C=O) groups excluding carboxylic acids is 1. The maximum atomic E-state index is 12.4. The fraction of sp³-hybridized carbons (Fsp3) is 0.294. The SMILES string of the molecule is O=C(Nc1ccncc1)C1(CCOc2cccc(Br)c2)CC1. The highest BCUT2D eigenvalue weighted by Gasteiger charge is 2.49. The summed E-state index contributed by atoms with van der Waals surface area (Å²) in [6.07, 6.45) is 5.92. The molecule has 0 aliphatic heterocycles. The molecule has 1 aromatic carbocycles. The van der Waals surface area contributed by atoms with Crippen molar-refractivity contribution in [1.29, 1.82) is 0 Å². The Morgan fingerprint density at radius 3 is 2.73 bits per heavy atom. The van der Waals surface area contributed by atoms with Crippen LogP contribution in [0.2, 0.25) is 0 Å². The number of pyridine rings is 1. The van der Waals surface area contributed by atoms with Gasteiger partial charge in [0.2, 0.25) is 5.91 Å². The molecule has 3 rings (SSSR count). The lowest BCUT2D eigenvalue weighted by molar-refractivity contribution is -0.121. The largest absolute Gasteiger partial charge is 0.494 e. The zero-order chi connectivity index (χ0) is 15.4. The van der Waals surface area contributed by atoms with Gasteiger partial charge in [-0.05, 0) is 49.6 Å². The molecule has 0 atom stereocenters. The van der Waals surface area contributed by atoms with Gasteiger partial charge in [0.15, 0.2) is 0 Å². The van der Waals surface area contributed by atoms with Crippen molar-refractivity contribution in [3.05, 3.63) is 53.3 Å². The molecule has 114 valence electrons. The smallest absolute Gasteiger partial charge is 0.230 e. The van der Waals surface area contributed by atoms with E-state index in [-0.39, 0.29) is 11.3 Å². The summed E-state index contributed by atoms with van der Waals surface area (Å²) in [7, 11) is 0. The van der Waals surface area contributed by atoms with Gasteiger partial charge in [0.25, 0.3) is 0 Å².